The van der Waals surface area contributed by atoms with Gasteiger partial charge in [-0.1, -0.05) is 36.4 Å². The Morgan fingerprint density at radius 2 is 1.72 bits per heavy atom. The van der Waals surface area contributed by atoms with Gasteiger partial charge < -0.3 is 24.9 Å². The Balaban J connectivity index is 0.957. The number of ether oxygens (including phenoxy) is 2. The molecule has 50 heavy (non-hydrogen) atoms. The number of carbonyl (C=O) groups excluding carboxylic acids is 2. The minimum atomic E-state index is -4.33. The third kappa shape index (κ3) is 8.07. The van der Waals surface area contributed by atoms with Crippen molar-refractivity contribution in [3.8, 4) is 5.88 Å². The Kier molecular flexibility index (Phi) is 11.0. The Labute approximate surface area is 293 Å². The summed E-state index contributed by atoms with van der Waals surface area (Å²) >= 11 is 0. The van der Waals surface area contributed by atoms with Gasteiger partial charge in [0.2, 0.25) is 5.91 Å². The number of nitrogens with zero attached hydrogens (tertiary/aromatic N) is 4. The lowest BCUT2D eigenvalue weighted by molar-refractivity contribution is -0.832. The van der Waals surface area contributed by atoms with Crippen molar-refractivity contribution in [2.45, 2.75) is 99.4 Å². The lowest BCUT2D eigenvalue weighted by atomic mass is 9.69. The van der Waals surface area contributed by atoms with Crippen LogP contribution in [0.25, 0.3) is 0 Å². The lowest BCUT2D eigenvalue weighted by Gasteiger charge is -2.58. The van der Waals surface area contributed by atoms with Gasteiger partial charge in [-0.15, -0.1) is 0 Å². The van der Waals surface area contributed by atoms with E-state index in [0.29, 0.717) is 23.9 Å². The van der Waals surface area contributed by atoms with Crippen molar-refractivity contribution in [2.24, 2.45) is 11.8 Å². The first-order valence-corrected chi connectivity index (χ1v) is 19.1. The first-order valence-electron chi connectivity index (χ1n) is 17.6. The van der Waals surface area contributed by atoms with E-state index in [9.17, 15) is 23.2 Å². The number of unbranched alkanes of at least 4 members (excludes halogenated alkanes) is 1. The molecule has 0 radical (unpaired) electrons. The van der Waals surface area contributed by atoms with Crippen LogP contribution in [0.2, 0.25) is 0 Å². The summed E-state index contributed by atoms with van der Waals surface area (Å²) in [6.45, 7) is 6.73. The smallest absolute Gasteiger partial charge is 0.417 e. The molecule has 3 saturated heterocycles. The molecule has 14 heteroatoms. The fourth-order valence-corrected chi connectivity index (χ4v) is 9.37. The van der Waals surface area contributed by atoms with Crippen molar-refractivity contribution < 1.29 is 37.0 Å². The number of nitrogens with one attached hydrogen (secondary N) is 1. The molecular weight excluding hydrogens is 662 g/mol. The molecule has 13 nitrogen and oxygen atoms in total. The van der Waals surface area contributed by atoms with Crippen LogP contribution in [-0.4, -0.2) is 74.4 Å². The van der Waals surface area contributed by atoms with E-state index >= 15 is 0 Å². The Hall–Kier alpha value is -4.17. The van der Waals surface area contributed by atoms with Crippen molar-refractivity contribution in [2.75, 3.05) is 31.1 Å². The molecule has 4 unspecified atom stereocenters. The lowest BCUT2D eigenvalue weighted by Crippen LogP contribution is -2.64. The van der Waals surface area contributed by atoms with Crippen molar-refractivity contribution in [3.05, 3.63) is 65.9 Å². The zero-order valence-corrected chi connectivity index (χ0v) is 29.6. The zero-order chi connectivity index (χ0) is 35.3. The van der Waals surface area contributed by atoms with E-state index in [1.807, 2.05) is 0 Å². The molecule has 3 aliphatic rings. The van der Waals surface area contributed by atoms with Gasteiger partial charge in [-0.3, -0.25) is 19.1 Å². The molecule has 4 heterocycles. The highest BCUT2D eigenvalue weighted by Gasteiger charge is 2.48. The van der Waals surface area contributed by atoms with Gasteiger partial charge in [-0.05, 0) is 113 Å². The predicted molar refractivity (Wildman–Crippen MR) is 183 cm³/mol. The second-order valence-corrected chi connectivity index (χ2v) is 15.9. The maximum atomic E-state index is 13.1. The van der Waals surface area contributed by atoms with E-state index in [0.717, 1.165) is 25.8 Å². The Morgan fingerprint density at radius 3 is 2.46 bits per heavy atom. The fourth-order valence-electron chi connectivity index (χ4n) is 8.09. The maximum Gasteiger partial charge on any atom is 0.417 e. The number of amides is 1. The molecule has 3 aromatic rings. The number of benzene rings is 2. The summed E-state index contributed by atoms with van der Waals surface area (Å²) in [7, 11) is -4.33. The Morgan fingerprint density at radius 1 is 1.02 bits per heavy atom. The molecule has 1 N–H and O–H groups in total. The van der Waals surface area contributed by atoms with Crippen LogP contribution in [0.1, 0.15) is 71.6 Å². The number of carbonyl (C=O) groups is 2. The van der Waals surface area contributed by atoms with E-state index in [-0.39, 0.29) is 29.2 Å². The van der Waals surface area contributed by atoms with Gasteiger partial charge in [0.05, 0.1) is 23.1 Å². The minimum absolute atomic E-state index is 0.133. The topological polar surface area (TPSA) is 158 Å². The number of anilines is 1. The van der Waals surface area contributed by atoms with Crippen LogP contribution in [0.5, 0.6) is 5.88 Å². The van der Waals surface area contributed by atoms with Crippen LogP contribution in [-0.2, 0) is 24.2 Å². The van der Waals surface area contributed by atoms with Crippen LogP contribution >= 0.6 is 0 Å². The van der Waals surface area contributed by atoms with Crippen LogP contribution in [0.4, 0.5) is 5.69 Å². The summed E-state index contributed by atoms with van der Waals surface area (Å²) in [4.78, 5) is 30.2. The number of esters is 1. The second kappa shape index (κ2) is 15.4. The summed E-state index contributed by atoms with van der Waals surface area (Å²) in [6.07, 6.45) is 7.51. The van der Waals surface area contributed by atoms with Gasteiger partial charge in [0, 0.05) is 30.7 Å². The molecule has 0 aliphatic carbocycles. The highest BCUT2D eigenvalue weighted by molar-refractivity contribution is 7.91. The molecule has 4 atom stereocenters. The van der Waals surface area contributed by atoms with Gasteiger partial charge in [0.25, 0.3) is 9.84 Å². The second-order valence-electron chi connectivity index (χ2n) is 14.0. The standard InChI is InChI=1S/C36H47N5O8S/c1-36(2,48-34-35(41(44)49-38-34)50(45,46)28-16-7-4-8-17-28)37-31(42)20-21-32(43)47-24-10-9-19-30-29-18-12-23-39-22-11-13-26(33(29)39)25-40(30)27-14-5-3-6-15-27/h3-8,14-17,26,29-30,33H,9-13,18-25H2,1-2H3,(H,37,42). The zero-order valence-electron chi connectivity index (χ0n) is 28.7. The van der Waals surface area contributed by atoms with E-state index < -0.39 is 38.3 Å². The van der Waals surface area contributed by atoms with Gasteiger partial charge >= 0.3 is 16.9 Å². The first kappa shape index (κ1) is 35.6. The van der Waals surface area contributed by atoms with Crippen molar-refractivity contribution in [1.82, 2.24) is 15.4 Å². The number of para-hydroxylation sites is 1. The molecule has 3 aliphatic heterocycles. The number of hydrogen-bond donors (Lipinski definition) is 1. The average molecular weight is 710 g/mol. The van der Waals surface area contributed by atoms with Crippen LogP contribution in [0.15, 0.2) is 75.2 Å². The summed E-state index contributed by atoms with van der Waals surface area (Å²) in [5.74, 6) is -0.258. The number of sulfone groups is 1. The molecule has 270 valence electrons. The number of aromatic nitrogens is 2. The monoisotopic (exact) mass is 709 g/mol. The van der Waals surface area contributed by atoms with E-state index in [2.05, 4.69) is 55.2 Å². The van der Waals surface area contributed by atoms with E-state index in [1.54, 1.807) is 6.07 Å². The normalized spacial score (nSPS) is 22.4. The van der Waals surface area contributed by atoms with Gasteiger partial charge in [-0.25, -0.2) is 8.42 Å². The predicted octanol–water partition coefficient (Wildman–Crippen LogP) is 4.25. The molecular formula is C36H47N5O8S. The molecule has 0 spiro atoms. The SMILES string of the molecule is CC(C)(NC(=O)CCC(=O)OCCCCC1C2CCCN3CCCC(CN1c1ccccc1)C23)Oc1no[n+]([O-])c1S(=O)(=O)c1ccccc1. The van der Waals surface area contributed by atoms with Crippen molar-refractivity contribution >= 4 is 27.4 Å². The number of hydrogen-bond acceptors (Lipinski definition) is 11. The summed E-state index contributed by atoms with van der Waals surface area (Å²) in [6, 6.07) is 19.2. The molecule has 2 aromatic carbocycles. The first-order chi connectivity index (χ1) is 24.0. The van der Waals surface area contributed by atoms with E-state index in [1.165, 1.54) is 82.6 Å². The van der Waals surface area contributed by atoms with Crippen molar-refractivity contribution in [1.29, 1.82) is 0 Å². The van der Waals surface area contributed by atoms with Crippen LogP contribution < -0.4 is 19.9 Å². The van der Waals surface area contributed by atoms with Gasteiger partial charge in [-0.2, -0.15) is 0 Å². The molecule has 1 amide bonds. The number of piperidine rings is 3. The van der Waals surface area contributed by atoms with Crippen LogP contribution in [0, 0.1) is 17.0 Å². The highest BCUT2D eigenvalue weighted by Crippen LogP contribution is 2.44. The van der Waals surface area contributed by atoms with Crippen LogP contribution in [0.3, 0.4) is 0 Å². The fraction of sp³-hybridized carbons (Fsp3) is 0.556. The molecule has 0 saturated carbocycles. The summed E-state index contributed by atoms with van der Waals surface area (Å²) in [5.41, 5.74) is -0.198. The minimum Gasteiger partial charge on any atom is -0.466 e. The molecule has 0 bridgehead atoms. The molecule has 3 fully saturated rings. The third-order valence-electron chi connectivity index (χ3n) is 10.1. The third-order valence-corrected chi connectivity index (χ3v) is 11.8. The van der Waals surface area contributed by atoms with E-state index in [4.69, 9.17) is 9.47 Å². The Bertz CT molecular complexity index is 1720. The largest absolute Gasteiger partial charge is 0.466 e. The molecule has 6 rings (SSSR count). The average Bonchev–Trinajstić information content (AvgIpc) is 3.47. The summed E-state index contributed by atoms with van der Waals surface area (Å²) < 4.78 is 41.7. The van der Waals surface area contributed by atoms with Gasteiger partial charge in [0.15, 0.2) is 5.72 Å². The van der Waals surface area contributed by atoms with Crippen molar-refractivity contribution in [3.63, 3.8) is 0 Å². The summed E-state index contributed by atoms with van der Waals surface area (Å²) in [5, 5.41) is 17.4. The van der Waals surface area contributed by atoms with Gasteiger partial charge in [0.1, 0.15) is 0 Å². The number of rotatable bonds is 14. The quantitative estimate of drug-likeness (QED) is 0.110. The maximum absolute atomic E-state index is 13.1. The molecule has 1 aromatic heterocycles. The highest BCUT2D eigenvalue weighted by atomic mass is 32.2.